The van der Waals surface area contributed by atoms with E-state index < -0.39 is 0 Å². The van der Waals surface area contributed by atoms with Gasteiger partial charge in [-0.25, -0.2) is 0 Å². The van der Waals surface area contributed by atoms with Crippen molar-refractivity contribution in [3.63, 3.8) is 0 Å². The van der Waals surface area contributed by atoms with Crippen LogP contribution in [0.1, 0.15) is 38.8 Å². The molecule has 0 saturated carbocycles. The third kappa shape index (κ3) is 6.62. The van der Waals surface area contributed by atoms with Gasteiger partial charge in [-0.3, -0.25) is 0 Å². The Morgan fingerprint density at radius 1 is 1.05 bits per heavy atom. The summed E-state index contributed by atoms with van der Waals surface area (Å²) in [5.74, 6) is 4.67. The molecule has 0 aliphatic heterocycles. The van der Waals surface area contributed by atoms with Gasteiger partial charge in [0.25, 0.3) is 0 Å². The van der Waals surface area contributed by atoms with Gasteiger partial charge in [0.1, 0.15) is 11.5 Å². The molecule has 0 amide bonds. The normalized spacial score (nSPS) is 12.5. The first-order valence-corrected chi connectivity index (χ1v) is 8.80. The second-order valence-electron chi connectivity index (χ2n) is 5.58. The highest BCUT2D eigenvalue weighted by molar-refractivity contribution is 7.99. The lowest BCUT2D eigenvalue weighted by Gasteiger charge is -2.20. The molecule has 0 spiro atoms. The molecular formula is C17H29NO2S. The topological polar surface area (TPSA) is 30.5 Å². The van der Waals surface area contributed by atoms with Gasteiger partial charge >= 0.3 is 0 Å². The maximum absolute atomic E-state index is 5.38. The first kappa shape index (κ1) is 18.2. The lowest BCUT2D eigenvalue weighted by molar-refractivity contribution is 0.392. The number of hydrogen-bond acceptors (Lipinski definition) is 4. The Hall–Kier alpha value is -0.870. The number of benzene rings is 1. The summed E-state index contributed by atoms with van der Waals surface area (Å²) in [6.07, 6.45) is 1.13. The highest BCUT2D eigenvalue weighted by Gasteiger charge is 2.14. The van der Waals surface area contributed by atoms with Gasteiger partial charge in [0, 0.05) is 17.9 Å². The molecule has 1 rings (SSSR count). The molecule has 21 heavy (non-hydrogen) atoms. The summed E-state index contributed by atoms with van der Waals surface area (Å²) in [6.45, 7) is 7.73. The van der Waals surface area contributed by atoms with Crippen molar-refractivity contribution >= 4 is 11.8 Å². The minimum Gasteiger partial charge on any atom is -0.497 e. The van der Waals surface area contributed by atoms with E-state index >= 15 is 0 Å². The Kier molecular flexibility index (Phi) is 8.62. The van der Waals surface area contributed by atoms with Crippen LogP contribution in [0.4, 0.5) is 0 Å². The van der Waals surface area contributed by atoms with Gasteiger partial charge in [-0.1, -0.05) is 20.8 Å². The van der Waals surface area contributed by atoms with E-state index in [0.717, 1.165) is 36.1 Å². The van der Waals surface area contributed by atoms with E-state index in [1.807, 2.05) is 17.8 Å². The molecule has 1 atom stereocenters. The summed E-state index contributed by atoms with van der Waals surface area (Å²) < 4.78 is 10.8. The number of hydrogen-bond donors (Lipinski definition) is 1. The molecule has 1 aromatic rings. The minimum absolute atomic E-state index is 0.331. The molecule has 0 aromatic heterocycles. The van der Waals surface area contributed by atoms with Crippen molar-refractivity contribution in [3.8, 4) is 11.5 Å². The zero-order valence-corrected chi connectivity index (χ0v) is 14.8. The zero-order chi connectivity index (χ0) is 15.7. The van der Waals surface area contributed by atoms with Crippen LogP contribution in [0.15, 0.2) is 18.2 Å². The fraction of sp³-hybridized carbons (Fsp3) is 0.647. The van der Waals surface area contributed by atoms with Crippen molar-refractivity contribution in [3.05, 3.63) is 23.8 Å². The number of rotatable bonds is 10. The third-order valence-corrected chi connectivity index (χ3v) is 4.62. The van der Waals surface area contributed by atoms with Gasteiger partial charge in [-0.2, -0.15) is 11.8 Å². The standard InChI is InChI=1S/C17H29NO2S/c1-6-7-18-17(12-21-11-13(2)3)14-8-15(19-4)10-16(9-14)20-5/h8-10,13,17-18H,6-7,11-12H2,1-5H3. The molecule has 0 bridgehead atoms. The summed E-state index contributed by atoms with van der Waals surface area (Å²) in [5, 5.41) is 3.63. The Morgan fingerprint density at radius 2 is 1.67 bits per heavy atom. The van der Waals surface area contributed by atoms with E-state index in [1.54, 1.807) is 14.2 Å². The molecule has 0 fully saturated rings. The summed E-state index contributed by atoms with van der Waals surface area (Å²) in [6, 6.07) is 6.46. The molecule has 1 unspecified atom stereocenters. The number of nitrogens with one attached hydrogen (secondary N) is 1. The first-order valence-electron chi connectivity index (χ1n) is 7.64. The number of ether oxygens (including phenoxy) is 2. The van der Waals surface area contributed by atoms with Gasteiger partial charge in [-0.05, 0) is 42.3 Å². The Balaban J connectivity index is 2.84. The number of methoxy groups -OCH3 is 2. The van der Waals surface area contributed by atoms with E-state index in [-0.39, 0.29) is 0 Å². The lowest BCUT2D eigenvalue weighted by atomic mass is 10.1. The number of thioether (sulfide) groups is 1. The lowest BCUT2D eigenvalue weighted by Crippen LogP contribution is -2.24. The van der Waals surface area contributed by atoms with Crippen LogP contribution in [0.2, 0.25) is 0 Å². The smallest absolute Gasteiger partial charge is 0.122 e. The van der Waals surface area contributed by atoms with Gasteiger partial charge in [-0.15, -0.1) is 0 Å². The van der Waals surface area contributed by atoms with Crippen LogP contribution < -0.4 is 14.8 Å². The second-order valence-corrected chi connectivity index (χ2v) is 6.66. The molecule has 0 aliphatic carbocycles. The molecular weight excluding hydrogens is 282 g/mol. The van der Waals surface area contributed by atoms with E-state index in [4.69, 9.17) is 9.47 Å². The summed E-state index contributed by atoms with van der Waals surface area (Å²) in [4.78, 5) is 0. The minimum atomic E-state index is 0.331. The maximum Gasteiger partial charge on any atom is 0.122 e. The summed E-state index contributed by atoms with van der Waals surface area (Å²) in [7, 11) is 3.39. The van der Waals surface area contributed by atoms with Gasteiger partial charge in [0.05, 0.1) is 14.2 Å². The Morgan fingerprint density at radius 3 is 2.14 bits per heavy atom. The highest BCUT2D eigenvalue weighted by Crippen LogP contribution is 2.28. The predicted octanol–water partition coefficient (Wildman–Crippen LogP) is 4.13. The Bertz CT molecular complexity index is 388. The van der Waals surface area contributed by atoms with E-state index in [0.29, 0.717) is 6.04 Å². The third-order valence-electron chi connectivity index (χ3n) is 3.15. The maximum atomic E-state index is 5.38. The van der Waals surface area contributed by atoms with Crippen molar-refractivity contribution in [2.45, 2.75) is 33.2 Å². The van der Waals surface area contributed by atoms with Crippen LogP contribution in [-0.2, 0) is 0 Å². The summed E-state index contributed by atoms with van der Waals surface area (Å²) >= 11 is 2.00. The van der Waals surface area contributed by atoms with E-state index in [9.17, 15) is 0 Å². The second kappa shape index (κ2) is 9.96. The largest absolute Gasteiger partial charge is 0.497 e. The average molecular weight is 311 g/mol. The quantitative estimate of drug-likeness (QED) is 0.703. The van der Waals surface area contributed by atoms with Crippen LogP contribution in [-0.4, -0.2) is 32.3 Å². The molecule has 4 heteroatoms. The zero-order valence-electron chi connectivity index (χ0n) is 13.9. The first-order chi connectivity index (χ1) is 10.1. The van der Waals surface area contributed by atoms with Crippen LogP contribution >= 0.6 is 11.8 Å². The van der Waals surface area contributed by atoms with E-state index in [2.05, 4.69) is 38.2 Å². The van der Waals surface area contributed by atoms with Crippen LogP contribution in [0.3, 0.4) is 0 Å². The average Bonchev–Trinajstić information content (AvgIpc) is 2.49. The highest BCUT2D eigenvalue weighted by atomic mass is 32.2. The van der Waals surface area contributed by atoms with Crippen molar-refractivity contribution in [2.75, 3.05) is 32.3 Å². The molecule has 1 aromatic carbocycles. The SMILES string of the molecule is CCCNC(CSCC(C)C)c1cc(OC)cc(OC)c1. The van der Waals surface area contributed by atoms with Crippen molar-refractivity contribution in [1.82, 2.24) is 5.32 Å². The van der Waals surface area contributed by atoms with Crippen LogP contribution in [0.5, 0.6) is 11.5 Å². The van der Waals surface area contributed by atoms with Crippen molar-refractivity contribution in [1.29, 1.82) is 0 Å². The Labute approximate surface area is 133 Å². The van der Waals surface area contributed by atoms with Crippen molar-refractivity contribution in [2.24, 2.45) is 5.92 Å². The summed E-state index contributed by atoms with van der Waals surface area (Å²) in [5.41, 5.74) is 1.23. The van der Waals surface area contributed by atoms with Crippen LogP contribution in [0, 0.1) is 5.92 Å². The van der Waals surface area contributed by atoms with Crippen LogP contribution in [0.25, 0.3) is 0 Å². The molecule has 0 heterocycles. The van der Waals surface area contributed by atoms with Gasteiger partial charge in [0.15, 0.2) is 0 Å². The molecule has 3 nitrogen and oxygen atoms in total. The molecule has 0 aliphatic rings. The molecule has 0 radical (unpaired) electrons. The fourth-order valence-electron chi connectivity index (χ4n) is 2.04. The van der Waals surface area contributed by atoms with Gasteiger partial charge < -0.3 is 14.8 Å². The van der Waals surface area contributed by atoms with Crippen molar-refractivity contribution < 1.29 is 9.47 Å². The molecule has 0 saturated heterocycles. The predicted molar refractivity (Wildman–Crippen MR) is 92.7 cm³/mol. The fourth-order valence-corrected chi connectivity index (χ4v) is 3.20. The van der Waals surface area contributed by atoms with Gasteiger partial charge in [0.2, 0.25) is 0 Å². The van der Waals surface area contributed by atoms with E-state index in [1.165, 1.54) is 11.3 Å². The molecule has 1 N–H and O–H groups in total. The monoisotopic (exact) mass is 311 g/mol. The molecule has 120 valence electrons.